The molecule has 2 aromatic rings. The molecule has 3 rings (SSSR count). The van der Waals surface area contributed by atoms with Crippen LogP contribution in [0.1, 0.15) is 12.0 Å². The van der Waals surface area contributed by atoms with Crippen LogP contribution in [0, 0.1) is 11.3 Å². The van der Waals surface area contributed by atoms with E-state index in [0.29, 0.717) is 23.6 Å². The van der Waals surface area contributed by atoms with Gasteiger partial charge in [-0.2, -0.15) is 5.26 Å². The highest BCUT2D eigenvalue weighted by atomic mass is 16.6. The molecular formula is C17H13N3O3. The summed E-state index contributed by atoms with van der Waals surface area (Å²) in [4.78, 5) is 16.9. The Kier molecular flexibility index (Phi) is 4.20. The number of carbonyl (C=O) groups excluding carboxylic acids is 1. The third-order valence-electron chi connectivity index (χ3n) is 3.21. The number of hydrogen-bond acceptors (Lipinski definition) is 5. The SMILES string of the molecule is N#CC1CC(c2cccc(NC(=O)Oc3ccccc3)c2)=NO1. The van der Waals surface area contributed by atoms with Crippen molar-refractivity contribution < 1.29 is 14.4 Å². The van der Waals surface area contributed by atoms with Crippen LogP contribution < -0.4 is 10.1 Å². The number of ether oxygens (including phenoxy) is 1. The molecule has 2 aromatic carbocycles. The van der Waals surface area contributed by atoms with Crippen molar-refractivity contribution in [3.05, 3.63) is 60.2 Å². The first kappa shape index (κ1) is 14.6. The van der Waals surface area contributed by atoms with E-state index in [2.05, 4.69) is 10.5 Å². The summed E-state index contributed by atoms with van der Waals surface area (Å²) < 4.78 is 5.17. The van der Waals surface area contributed by atoms with Crippen molar-refractivity contribution in [3.63, 3.8) is 0 Å². The van der Waals surface area contributed by atoms with E-state index in [9.17, 15) is 4.79 Å². The maximum Gasteiger partial charge on any atom is 0.417 e. The van der Waals surface area contributed by atoms with E-state index in [1.165, 1.54) is 0 Å². The van der Waals surface area contributed by atoms with Crippen LogP contribution in [-0.2, 0) is 4.84 Å². The summed E-state index contributed by atoms with van der Waals surface area (Å²) in [5.41, 5.74) is 2.04. The lowest BCUT2D eigenvalue weighted by Crippen LogP contribution is -2.17. The molecule has 1 aliphatic heterocycles. The van der Waals surface area contributed by atoms with Gasteiger partial charge >= 0.3 is 6.09 Å². The number of hydrogen-bond donors (Lipinski definition) is 1. The summed E-state index contributed by atoms with van der Waals surface area (Å²) in [7, 11) is 0. The van der Waals surface area contributed by atoms with Crippen LogP contribution in [0.3, 0.4) is 0 Å². The third kappa shape index (κ3) is 3.66. The first-order chi connectivity index (χ1) is 11.2. The Hall–Kier alpha value is -3.33. The highest BCUT2D eigenvalue weighted by Gasteiger charge is 2.21. The van der Waals surface area contributed by atoms with E-state index in [0.717, 1.165) is 5.56 Å². The van der Waals surface area contributed by atoms with E-state index in [4.69, 9.17) is 14.8 Å². The Morgan fingerprint density at radius 3 is 2.83 bits per heavy atom. The summed E-state index contributed by atoms with van der Waals surface area (Å²) >= 11 is 0. The average molecular weight is 307 g/mol. The number of anilines is 1. The zero-order valence-corrected chi connectivity index (χ0v) is 12.1. The second-order valence-corrected chi connectivity index (χ2v) is 4.87. The van der Waals surface area contributed by atoms with Crippen LogP contribution in [-0.4, -0.2) is 17.9 Å². The van der Waals surface area contributed by atoms with Crippen LogP contribution in [0.5, 0.6) is 5.75 Å². The molecule has 23 heavy (non-hydrogen) atoms. The standard InChI is InChI=1S/C17H13N3O3/c18-11-15-10-16(20-23-15)12-5-4-6-13(9-12)19-17(21)22-14-7-2-1-3-8-14/h1-9,15H,10H2,(H,19,21). The smallest absolute Gasteiger partial charge is 0.410 e. The lowest BCUT2D eigenvalue weighted by Gasteiger charge is -2.07. The van der Waals surface area contributed by atoms with Crippen molar-refractivity contribution in [1.29, 1.82) is 5.26 Å². The molecule has 6 heteroatoms. The number of rotatable bonds is 3. The van der Waals surface area contributed by atoms with Crippen LogP contribution in [0.25, 0.3) is 0 Å². The predicted molar refractivity (Wildman–Crippen MR) is 84.2 cm³/mol. The highest BCUT2D eigenvalue weighted by molar-refractivity contribution is 6.02. The lowest BCUT2D eigenvalue weighted by atomic mass is 10.0. The van der Waals surface area contributed by atoms with Crippen LogP contribution >= 0.6 is 0 Å². The maximum atomic E-state index is 11.9. The minimum Gasteiger partial charge on any atom is -0.410 e. The Morgan fingerprint density at radius 1 is 1.26 bits per heavy atom. The summed E-state index contributed by atoms with van der Waals surface area (Å²) in [6.07, 6.45) is -0.702. The van der Waals surface area contributed by atoms with Crippen LogP contribution in [0.15, 0.2) is 59.8 Å². The summed E-state index contributed by atoms with van der Waals surface area (Å²) in [6.45, 7) is 0. The molecule has 114 valence electrons. The van der Waals surface area contributed by atoms with Crippen molar-refractivity contribution in [2.24, 2.45) is 5.16 Å². The quantitative estimate of drug-likeness (QED) is 0.942. The summed E-state index contributed by atoms with van der Waals surface area (Å²) in [5.74, 6) is 0.464. The number of oxime groups is 1. The second-order valence-electron chi connectivity index (χ2n) is 4.87. The molecule has 1 amide bonds. The van der Waals surface area contributed by atoms with Crippen molar-refractivity contribution in [2.75, 3.05) is 5.32 Å². The van der Waals surface area contributed by atoms with Gasteiger partial charge in [-0.1, -0.05) is 35.5 Å². The van der Waals surface area contributed by atoms with Gasteiger partial charge in [0.2, 0.25) is 6.10 Å². The lowest BCUT2D eigenvalue weighted by molar-refractivity contribution is 0.125. The molecule has 1 heterocycles. The first-order valence-electron chi connectivity index (χ1n) is 7.01. The molecule has 1 aliphatic rings. The van der Waals surface area contributed by atoms with E-state index < -0.39 is 12.2 Å². The third-order valence-corrected chi connectivity index (χ3v) is 3.21. The zero-order valence-electron chi connectivity index (χ0n) is 12.1. The van der Waals surface area contributed by atoms with Gasteiger partial charge < -0.3 is 9.57 Å². The zero-order chi connectivity index (χ0) is 16.1. The Morgan fingerprint density at radius 2 is 2.09 bits per heavy atom. The Bertz CT molecular complexity index is 781. The fraction of sp³-hybridized carbons (Fsp3) is 0.118. The van der Waals surface area contributed by atoms with Crippen molar-refractivity contribution in [2.45, 2.75) is 12.5 Å². The first-order valence-corrected chi connectivity index (χ1v) is 7.01. The van der Waals surface area contributed by atoms with Gasteiger partial charge in [0.1, 0.15) is 11.8 Å². The van der Waals surface area contributed by atoms with Crippen molar-refractivity contribution in [3.8, 4) is 11.8 Å². The molecule has 1 atom stereocenters. The molecule has 0 bridgehead atoms. The van der Waals surface area contributed by atoms with Crippen molar-refractivity contribution >= 4 is 17.5 Å². The molecule has 0 fully saturated rings. The number of para-hydroxylation sites is 1. The number of nitrogens with one attached hydrogen (secondary N) is 1. The number of benzene rings is 2. The monoisotopic (exact) mass is 307 g/mol. The predicted octanol–water partition coefficient (Wildman–Crippen LogP) is 3.31. The van der Waals surface area contributed by atoms with Crippen molar-refractivity contribution in [1.82, 2.24) is 0 Å². The minimum atomic E-state index is -0.576. The molecule has 0 saturated heterocycles. The Labute approximate surface area is 132 Å². The van der Waals surface area contributed by atoms with E-state index in [1.807, 2.05) is 18.2 Å². The molecule has 1 unspecified atom stereocenters. The fourth-order valence-corrected chi connectivity index (χ4v) is 2.13. The molecule has 0 aliphatic carbocycles. The molecule has 0 radical (unpaired) electrons. The van der Waals surface area contributed by atoms with Gasteiger partial charge in [0.25, 0.3) is 0 Å². The molecule has 1 N–H and O–H groups in total. The second kappa shape index (κ2) is 6.62. The largest absolute Gasteiger partial charge is 0.417 e. The Balaban J connectivity index is 1.66. The van der Waals surface area contributed by atoms with Gasteiger partial charge in [-0.3, -0.25) is 5.32 Å². The number of nitrogens with zero attached hydrogens (tertiary/aromatic N) is 2. The highest BCUT2D eigenvalue weighted by Crippen LogP contribution is 2.19. The maximum absolute atomic E-state index is 11.9. The van der Waals surface area contributed by atoms with Gasteiger partial charge in [0.15, 0.2) is 0 Å². The molecule has 0 saturated carbocycles. The molecule has 0 aromatic heterocycles. The van der Waals surface area contributed by atoms with E-state index in [1.54, 1.807) is 42.5 Å². The van der Waals surface area contributed by atoms with E-state index >= 15 is 0 Å². The molecule has 0 spiro atoms. The van der Waals surface area contributed by atoms with Gasteiger partial charge in [-0.25, -0.2) is 4.79 Å². The average Bonchev–Trinajstić information content (AvgIpc) is 3.05. The van der Waals surface area contributed by atoms with Gasteiger partial charge in [0, 0.05) is 17.7 Å². The number of amides is 1. The van der Waals surface area contributed by atoms with Crippen LogP contribution in [0.2, 0.25) is 0 Å². The van der Waals surface area contributed by atoms with Gasteiger partial charge in [0.05, 0.1) is 5.71 Å². The molecule has 6 nitrogen and oxygen atoms in total. The minimum absolute atomic E-state index is 0.425. The normalized spacial score (nSPS) is 16.0. The van der Waals surface area contributed by atoms with Crippen LogP contribution in [0.4, 0.5) is 10.5 Å². The number of carbonyl (C=O) groups is 1. The van der Waals surface area contributed by atoms with Gasteiger partial charge in [-0.15, -0.1) is 0 Å². The summed E-state index contributed by atoms with van der Waals surface area (Å²) in [5, 5.41) is 15.4. The number of nitriles is 1. The fourth-order valence-electron chi connectivity index (χ4n) is 2.13. The summed E-state index contributed by atoms with van der Waals surface area (Å²) in [6, 6.07) is 17.9. The topological polar surface area (TPSA) is 83.7 Å². The van der Waals surface area contributed by atoms with E-state index in [-0.39, 0.29) is 0 Å². The van der Waals surface area contributed by atoms with Gasteiger partial charge in [-0.05, 0) is 24.3 Å². The molecular weight excluding hydrogens is 294 g/mol.